The quantitative estimate of drug-likeness (QED) is 0.562. The van der Waals surface area contributed by atoms with Crippen LogP contribution in [0, 0.1) is 13.8 Å². The second-order valence-corrected chi connectivity index (χ2v) is 6.93. The molecule has 4 rings (SSSR count). The van der Waals surface area contributed by atoms with E-state index in [1.807, 2.05) is 67.1 Å². The van der Waals surface area contributed by atoms with Gasteiger partial charge >= 0.3 is 0 Å². The molecule has 0 saturated heterocycles. The number of hydrogen-bond acceptors (Lipinski definition) is 4. The first-order valence-corrected chi connectivity index (χ1v) is 9.36. The number of pyridine rings is 2. The zero-order chi connectivity index (χ0) is 20.2. The Balaban J connectivity index is 1.38. The summed E-state index contributed by atoms with van der Waals surface area (Å²) in [6.07, 6.45) is 7.47. The number of nitrogens with one attached hydrogen (secondary N) is 1. The van der Waals surface area contributed by atoms with Crippen LogP contribution in [0.25, 0.3) is 16.8 Å². The minimum atomic E-state index is -0.101. The minimum Gasteiger partial charge on any atom is -0.310 e. The molecule has 144 valence electrons. The van der Waals surface area contributed by atoms with Crippen LogP contribution in [0.4, 0.5) is 5.82 Å². The van der Waals surface area contributed by atoms with Gasteiger partial charge in [-0.25, -0.2) is 9.97 Å². The molecule has 0 spiro atoms. The average molecular weight is 383 g/mol. The van der Waals surface area contributed by atoms with Crippen LogP contribution in [-0.2, 0) is 11.2 Å². The molecule has 0 saturated carbocycles. The number of imidazole rings is 1. The van der Waals surface area contributed by atoms with Gasteiger partial charge in [0.25, 0.3) is 0 Å². The first-order valence-electron chi connectivity index (χ1n) is 9.36. The highest BCUT2D eigenvalue weighted by molar-refractivity contribution is 5.91. The van der Waals surface area contributed by atoms with Crippen molar-refractivity contribution in [3.05, 3.63) is 90.4 Å². The molecule has 0 unspecified atom stereocenters. The number of aryl methyl sites for hydroxylation is 2. The molecule has 3 aromatic heterocycles. The Kier molecular flexibility index (Phi) is 5.16. The van der Waals surface area contributed by atoms with Crippen LogP contribution in [0.2, 0.25) is 0 Å². The summed E-state index contributed by atoms with van der Waals surface area (Å²) in [5.41, 5.74) is 5.98. The van der Waals surface area contributed by atoms with Gasteiger partial charge in [-0.1, -0.05) is 24.3 Å². The Morgan fingerprint density at radius 2 is 1.76 bits per heavy atom. The molecule has 0 bridgehead atoms. The summed E-state index contributed by atoms with van der Waals surface area (Å²) in [5, 5.41) is 2.84. The number of benzene rings is 1. The number of carbonyl (C=O) groups is 1. The van der Waals surface area contributed by atoms with Gasteiger partial charge in [-0.05, 0) is 54.8 Å². The Morgan fingerprint density at radius 1 is 0.931 bits per heavy atom. The van der Waals surface area contributed by atoms with E-state index in [0.717, 1.165) is 33.8 Å². The lowest BCUT2D eigenvalue weighted by Gasteiger charge is -2.07. The lowest BCUT2D eigenvalue weighted by Crippen LogP contribution is -2.15. The third-order valence-electron chi connectivity index (χ3n) is 4.57. The van der Waals surface area contributed by atoms with Crippen molar-refractivity contribution in [3.8, 4) is 16.8 Å². The highest BCUT2D eigenvalue weighted by atomic mass is 16.1. The van der Waals surface area contributed by atoms with Crippen LogP contribution in [0.3, 0.4) is 0 Å². The van der Waals surface area contributed by atoms with E-state index in [4.69, 9.17) is 0 Å². The maximum atomic E-state index is 12.4. The average Bonchev–Trinajstić information content (AvgIpc) is 3.15. The van der Waals surface area contributed by atoms with Gasteiger partial charge in [0.1, 0.15) is 5.82 Å². The van der Waals surface area contributed by atoms with Gasteiger partial charge in [0, 0.05) is 18.1 Å². The van der Waals surface area contributed by atoms with Crippen molar-refractivity contribution >= 4 is 11.7 Å². The molecule has 1 amide bonds. The Morgan fingerprint density at radius 3 is 2.41 bits per heavy atom. The third-order valence-corrected chi connectivity index (χ3v) is 4.57. The van der Waals surface area contributed by atoms with Crippen molar-refractivity contribution in [2.75, 3.05) is 5.32 Å². The second-order valence-electron chi connectivity index (χ2n) is 6.93. The van der Waals surface area contributed by atoms with Gasteiger partial charge in [-0.2, -0.15) is 0 Å². The minimum absolute atomic E-state index is 0.101. The molecule has 29 heavy (non-hydrogen) atoms. The summed E-state index contributed by atoms with van der Waals surface area (Å²) < 4.78 is 1.89. The van der Waals surface area contributed by atoms with E-state index in [1.54, 1.807) is 24.8 Å². The van der Waals surface area contributed by atoms with Gasteiger partial charge in [0.15, 0.2) is 0 Å². The van der Waals surface area contributed by atoms with Crippen LogP contribution in [0.1, 0.15) is 17.0 Å². The highest BCUT2D eigenvalue weighted by Crippen LogP contribution is 2.20. The molecular formula is C23H21N5O. The summed E-state index contributed by atoms with van der Waals surface area (Å²) in [4.78, 5) is 25.1. The van der Waals surface area contributed by atoms with E-state index >= 15 is 0 Å². The molecule has 1 N–H and O–H groups in total. The van der Waals surface area contributed by atoms with Gasteiger partial charge in [0.05, 0.1) is 30.3 Å². The largest absolute Gasteiger partial charge is 0.310 e. The standard InChI is InChI=1S/C23H21N5O/c1-16-11-20(9-10-24-16)19-5-3-18(4-6-19)12-23(29)27-22-8-7-21(13-25-22)28-14-17(2)26-15-28/h3-11,13-15H,12H2,1-2H3,(H,25,27,29). The Hall–Kier alpha value is -3.80. The second kappa shape index (κ2) is 8.06. The summed E-state index contributed by atoms with van der Waals surface area (Å²) >= 11 is 0. The van der Waals surface area contributed by atoms with Crippen LogP contribution >= 0.6 is 0 Å². The van der Waals surface area contributed by atoms with Crippen molar-refractivity contribution in [3.63, 3.8) is 0 Å². The molecule has 0 atom stereocenters. The monoisotopic (exact) mass is 383 g/mol. The van der Waals surface area contributed by atoms with E-state index in [2.05, 4.69) is 20.3 Å². The fraction of sp³-hybridized carbons (Fsp3) is 0.130. The van der Waals surface area contributed by atoms with Crippen molar-refractivity contribution in [1.82, 2.24) is 19.5 Å². The number of anilines is 1. The predicted octanol–water partition coefficient (Wildman–Crippen LogP) is 4.13. The number of rotatable bonds is 5. The van der Waals surface area contributed by atoms with Gasteiger partial charge < -0.3 is 9.88 Å². The lowest BCUT2D eigenvalue weighted by molar-refractivity contribution is -0.115. The van der Waals surface area contributed by atoms with Crippen molar-refractivity contribution in [2.24, 2.45) is 0 Å². The van der Waals surface area contributed by atoms with E-state index in [1.165, 1.54) is 0 Å². The normalized spacial score (nSPS) is 10.7. The molecule has 0 radical (unpaired) electrons. The first kappa shape index (κ1) is 18.6. The summed E-state index contributed by atoms with van der Waals surface area (Å²) in [6, 6.07) is 15.7. The Bertz CT molecular complexity index is 1130. The smallest absolute Gasteiger partial charge is 0.229 e. The summed E-state index contributed by atoms with van der Waals surface area (Å²) in [7, 11) is 0. The fourth-order valence-electron chi connectivity index (χ4n) is 3.09. The maximum Gasteiger partial charge on any atom is 0.229 e. The predicted molar refractivity (Wildman–Crippen MR) is 113 cm³/mol. The van der Waals surface area contributed by atoms with Gasteiger partial charge in [-0.3, -0.25) is 9.78 Å². The molecule has 0 fully saturated rings. The molecule has 3 heterocycles. The number of hydrogen-bond donors (Lipinski definition) is 1. The third kappa shape index (κ3) is 4.55. The first-order chi connectivity index (χ1) is 14.1. The number of carbonyl (C=O) groups excluding carboxylic acids is 1. The lowest BCUT2D eigenvalue weighted by atomic mass is 10.0. The van der Waals surface area contributed by atoms with Gasteiger partial charge in [-0.15, -0.1) is 0 Å². The molecular weight excluding hydrogens is 362 g/mol. The van der Waals surface area contributed by atoms with Gasteiger partial charge in [0.2, 0.25) is 5.91 Å². The highest BCUT2D eigenvalue weighted by Gasteiger charge is 2.07. The van der Waals surface area contributed by atoms with Crippen molar-refractivity contribution in [2.45, 2.75) is 20.3 Å². The molecule has 0 aliphatic heterocycles. The molecule has 0 aliphatic rings. The fourth-order valence-corrected chi connectivity index (χ4v) is 3.09. The zero-order valence-electron chi connectivity index (χ0n) is 16.3. The van der Waals surface area contributed by atoms with Crippen molar-refractivity contribution < 1.29 is 4.79 Å². The topological polar surface area (TPSA) is 72.7 Å². The molecule has 1 aromatic carbocycles. The zero-order valence-corrected chi connectivity index (χ0v) is 16.3. The van der Waals surface area contributed by atoms with Crippen LogP contribution in [-0.4, -0.2) is 25.4 Å². The van der Waals surface area contributed by atoms with E-state index in [0.29, 0.717) is 12.2 Å². The van der Waals surface area contributed by atoms with E-state index < -0.39 is 0 Å². The SMILES string of the molecule is Cc1cc(-c2ccc(CC(=O)Nc3ccc(-n4cnc(C)c4)cn3)cc2)ccn1. The van der Waals surface area contributed by atoms with E-state index in [-0.39, 0.29) is 5.91 Å². The molecule has 6 heteroatoms. The molecule has 0 aliphatic carbocycles. The summed E-state index contributed by atoms with van der Waals surface area (Å²) in [6.45, 7) is 3.91. The Labute approximate surface area is 169 Å². The van der Waals surface area contributed by atoms with Crippen LogP contribution in [0.5, 0.6) is 0 Å². The molecule has 4 aromatic rings. The number of amides is 1. The number of aromatic nitrogens is 4. The van der Waals surface area contributed by atoms with Crippen LogP contribution < -0.4 is 5.32 Å². The summed E-state index contributed by atoms with van der Waals surface area (Å²) in [5.74, 6) is 0.427. The van der Waals surface area contributed by atoms with Crippen molar-refractivity contribution in [1.29, 1.82) is 0 Å². The maximum absolute atomic E-state index is 12.4. The van der Waals surface area contributed by atoms with E-state index in [9.17, 15) is 4.79 Å². The van der Waals surface area contributed by atoms with Crippen LogP contribution in [0.15, 0.2) is 73.4 Å². The molecule has 6 nitrogen and oxygen atoms in total. The number of nitrogens with zero attached hydrogens (tertiary/aromatic N) is 4.